The maximum absolute atomic E-state index is 11.1. The molecule has 124 valence electrons. The Morgan fingerprint density at radius 3 is 2.65 bits per heavy atom. The van der Waals surface area contributed by atoms with Crippen LogP contribution in [-0.4, -0.2) is 27.0 Å². The zero-order valence-corrected chi connectivity index (χ0v) is 14.5. The molecule has 0 bridgehead atoms. The minimum Gasteiger partial charge on any atom is -0.489 e. The van der Waals surface area contributed by atoms with Crippen molar-refractivity contribution >= 4 is 21.4 Å². The molecule has 0 fully saturated rings. The summed E-state index contributed by atoms with van der Waals surface area (Å²) in [5.41, 5.74) is 1.97. The van der Waals surface area contributed by atoms with Gasteiger partial charge in [0.15, 0.2) is 0 Å². The Balaban J connectivity index is 1.86. The second-order valence-corrected chi connectivity index (χ2v) is 8.00. The van der Waals surface area contributed by atoms with E-state index < -0.39 is 9.84 Å². The van der Waals surface area contributed by atoms with Crippen LogP contribution in [0.1, 0.15) is 11.1 Å². The molecule has 0 radical (unpaired) electrons. The van der Waals surface area contributed by atoms with Gasteiger partial charge >= 0.3 is 0 Å². The number of rotatable bonds is 8. The topological polar surface area (TPSA) is 55.4 Å². The van der Waals surface area contributed by atoms with Crippen molar-refractivity contribution in [2.45, 2.75) is 13.2 Å². The highest BCUT2D eigenvalue weighted by molar-refractivity contribution is 7.90. The fraction of sp³-hybridized carbons (Fsp3) is 0.294. The van der Waals surface area contributed by atoms with E-state index in [4.69, 9.17) is 16.3 Å². The number of nitrogens with one attached hydrogen (secondary N) is 1. The SMILES string of the molecule is CS(=O)(=O)CCNCc1cccc(OCc2ccccc2Cl)c1. The van der Waals surface area contributed by atoms with Gasteiger partial charge in [-0.05, 0) is 23.8 Å². The molecule has 0 amide bonds. The number of ether oxygens (including phenoxy) is 1. The van der Waals surface area contributed by atoms with Crippen LogP contribution in [0.3, 0.4) is 0 Å². The number of hydrogen-bond acceptors (Lipinski definition) is 4. The van der Waals surface area contributed by atoms with Crippen molar-refractivity contribution in [2.24, 2.45) is 0 Å². The smallest absolute Gasteiger partial charge is 0.148 e. The average Bonchev–Trinajstić information content (AvgIpc) is 2.50. The van der Waals surface area contributed by atoms with Crippen LogP contribution in [0.2, 0.25) is 5.02 Å². The molecule has 0 heterocycles. The lowest BCUT2D eigenvalue weighted by Crippen LogP contribution is -2.21. The minimum absolute atomic E-state index is 0.135. The molecule has 4 nitrogen and oxygen atoms in total. The first kappa shape index (κ1) is 17.8. The molecule has 2 aromatic rings. The van der Waals surface area contributed by atoms with E-state index in [2.05, 4.69) is 5.32 Å². The van der Waals surface area contributed by atoms with Crippen LogP contribution in [0, 0.1) is 0 Å². The predicted molar refractivity (Wildman–Crippen MR) is 93.6 cm³/mol. The first-order valence-corrected chi connectivity index (χ1v) is 9.71. The maximum Gasteiger partial charge on any atom is 0.148 e. The van der Waals surface area contributed by atoms with Crippen LogP contribution < -0.4 is 10.1 Å². The summed E-state index contributed by atoms with van der Waals surface area (Å²) in [7, 11) is -2.93. The van der Waals surface area contributed by atoms with Crippen molar-refractivity contribution in [3.8, 4) is 5.75 Å². The van der Waals surface area contributed by atoms with Crippen LogP contribution >= 0.6 is 11.6 Å². The van der Waals surface area contributed by atoms with E-state index >= 15 is 0 Å². The van der Waals surface area contributed by atoms with Crippen LogP contribution in [0.25, 0.3) is 0 Å². The molecule has 0 aliphatic rings. The quantitative estimate of drug-likeness (QED) is 0.741. The van der Waals surface area contributed by atoms with Crippen molar-refractivity contribution in [3.63, 3.8) is 0 Å². The number of hydrogen-bond donors (Lipinski definition) is 1. The van der Waals surface area contributed by atoms with Gasteiger partial charge < -0.3 is 10.1 Å². The first-order chi connectivity index (χ1) is 10.9. The molecule has 2 aromatic carbocycles. The van der Waals surface area contributed by atoms with Crippen molar-refractivity contribution < 1.29 is 13.2 Å². The Labute approximate surface area is 142 Å². The van der Waals surface area contributed by atoms with E-state index in [0.717, 1.165) is 16.9 Å². The van der Waals surface area contributed by atoms with E-state index in [0.29, 0.717) is 24.7 Å². The first-order valence-electron chi connectivity index (χ1n) is 7.27. The van der Waals surface area contributed by atoms with Gasteiger partial charge in [-0.3, -0.25) is 0 Å². The molecule has 0 aromatic heterocycles. The van der Waals surface area contributed by atoms with Crippen molar-refractivity contribution in [2.75, 3.05) is 18.6 Å². The van der Waals surface area contributed by atoms with Gasteiger partial charge in [0.25, 0.3) is 0 Å². The van der Waals surface area contributed by atoms with Crippen LogP contribution in [-0.2, 0) is 23.0 Å². The van der Waals surface area contributed by atoms with Crippen LogP contribution in [0.5, 0.6) is 5.75 Å². The van der Waals surface area contributed by atoms with Gasteiger partial charge in [-0.15, -0.1) is 0 Å². The van der Waals surface area contributed by atoms with Crippen LogP contribution in [0.15, 0.2) is 48.5 Å². The molecule has 0 unspecified atom stereocenters. The number of benzene rings is 2. The molecule has 6 heteroatoms. The van der Waals surface area contributed by atoms with Gasteiger partial charge in [0.05, 0.1) is 5.75 Å². The number of sulfone groups is 1. The van der Waals surface area contributed by atoms with E-state index in [-0.39, 0.29) is 5.75 Å². The van der Waals surface area contributed by atoms with E-state index in [1.165, 1.54) is 6.26 Å². The lowest BCUT2D eigenvalue weighted by atomic mass is 10.2. The highest BCUT2D eigenvalue weighted by atomic mass is 35.5. The van der Waals surface area contributed by atoms with Gasteiger partial charge in [0.1, 0.15) is 22.2 Å². The fourth-order valence-electron chi connectivity index (χ4n) is 2.01. The third-order valence-electron chi connectivity index (χ3n) is 3.23. The molecule has 0 aliphatic carbocycles. The largest absolute Gasteiger partial charge is 0.489 e. The molecule has 23 heavy (non-hydrogen) atoms. The van der Waals surface area contributed by atoms with Crippen molar-refractivity contribution in [1.82, 2.24) is 5.32 Å². The van der Waals surface area contributed by atoms with Gasteiger partial charge in [0.2, 0.25) is 0 Å². The molecule has 2 rings (SSSR count). The van der Waals surface area contributed by atoms with E-state index in [1.807, 2.05) is 48.5 Å². The van der Waals surface area contributed by atoms with E-state index in [1.54, 1.807) is 0 Å². The molecule has 1 N–H and O–H groups in total. The lowest BCUT2D eigenvalue weighted by Gasteiger charge is -2.10. The Kier molecular flexibility index (Phi) is 6.45. The minimum atomic E-state index is -2.93. The third kappa shape index (κ3) is 6.60. The Morgan fingerprint density at radius 2 is 1.91 bits per heavy atom. The summed E-state index contributed by atoms with van der Waals surface area (Å²) in [5, 5.41) is 3.80. The Bertz CT molecular complexity index is 747. The summed E-state index contributed by atoms with van der Waals surface area (Å²) in [6.45, 7) is 1.44. The zero-order chi connectivity index (χ0) is 16.7. The summed E-state index contributed by atoms with van der Waals surface area (Å²) in [6, 6.07) is 15.3. The molecule has 0 saturated heterocycles. The van der Waals surface area contributed by atoms with E-state index in [9.17, 15) is 8.42 Å². The summed E-state index contributed by atoms with van der Waals surface area (Å²) in [4.78, 5) is 0. The second-order valence-electron chi connectivity index (χ2n) is 5.33. The molecule has 0 spiro atoms. The highest BCUT2D eigenvalue weighted by Crippen LogP contribution is 2.19. The molecular weight excluding hydrogens is 334 g/mol. The number of halogens is 1. The summed E-state index contributed by atoms with van der Waals surface area (Å²) in [5.74, 6) is 0.891. The van der Waals surface area contributed by atoms with Gasteiger partial charge in [0, 0.05) is 29.9 Å². The standard InChI is InChI=1S/C17H20ClNO3S/c1-23(20,21)10-9-19-12-14-5-4-7-16(11-14)22-13-15-6-2-3-8-17(15)18/h2-8,11,19H,9-10,12-13H2,1H3. The molecule has 0 saturated carbocycles. The zero-order valence-electron chi connectivity index (χ0n) is 13.0. The van der Waals surface area contributed by atoms with Gasteiger partial charge in [-0.2, -0.15) is 0 Å². The summed E-state index contributed by atoms with van der Waals surface area (Å²) < 4.78 is 27.9. The lowest BCUT2D eigenvalue weighted by molar-refractivity contribution is 0.306. The predicted octanol–water partition coefficient (Wildman–Crippen LogP) is 3.05. The molecular formula is C17H20ClNO3S. The monoisotopic (exact) mass is 353 g/mol. The Hall–Kier alpha value is -1.56. The Morgan fingerprint density at radius 1 is 1.13 bits per heavy atom. The van der Waals surface area contributed by atoms with Crippen LogP contribution in [0.4, 0.5) is 0 Å². The average molecular weight is 354 g/mol. The third-order valence-corrected chi connectivity index (χ3v) is 4.54. The van der Waals surface area contributed by atoms with Gasteiger partial charge in [-0.25, -0.2) is 8.42 Å². The maximum atomic E-state index is 11.1. The molecule has 0 atom stereocenters. The van der Waals surface area contributed by atoms with Crippen molar-refractivity contribution in [1.29, 1.82) is 0 Å². The fourth-order valence-corrected chi connectivity index (χ4v) is 2.72. The normalized spacial score (nSPS) is 11.4. The van der Waals surface area contributed by atoms with Gasteiger partial charge in [-0.1, -0.05) is 41.9 Å². The van der Waals surface area contributed by atoms with Crippen molar-refractivity contribution in [3.05, 3.63) is 64.7 Å². The molecule has 0 aliphatic heterocycles. The summed E-state index contributed by atoms with van der Waals surface area (Å²) >= 11 is 6.10. The highest BCUT2D eigenvalue weighted by Gasteiger charge is 2.03. The summed E-state index contributed by atoms with van der Waals surface area (Å²) in [6.07, 6.45) is 1.23. The second kappa shape index (κ2) is 8.34.